The van der Waals surface area contributed by atoms with E-state index in [1.54, 1.807) is 0 Å². The molecular formula is C15H23NO. The summed E-state index contributed by atoms with van der Waals surface area (Å²) in [6.45, 7) is 3.36. The summed E-state index contributed by atoms with van der Waals surface area (Å²) in [4.78, 5) is 0. The molecule has 1 saturated carbocycles. The van der Waals surface area contributed by atoms with Crippen molar-refractivity contribution in [3.05, 3.63) is 35.9 Å². The average Bonchev–Trinajstić information content (AvgIpc) is 2.39. The Balaban J connectivity index is 1.99. The summed E-state index contributed by atoms with van der Waals surface area (Å²) in [6, 6.07) is 10.4. The van der Waals surface area contributed by atoms with E-state index in [1.165, 1.54) is 24.8 Å². The van der Waals surface area contributed by atoms with Crippen LogP contribution >= 0.6 is 0 Å². The Hall–Kier alpha value is -0.860. The molecule has 0 aliphatic heterocycles. The van der Waals surface area contributed by atoms with Gasteiger partial charge in [-0.2, -0.15) is 0 Å². The number of aliphatic hydroxyl groups is 1. The summed E-state index contributed by atoms with van der Waals surface area (Å²) in [6.07, 6.45) is 4.85. The number of nitrogens with one attached hydrogen (secondary N) is 1. The Morgan fingerprint density at radius 2 is 2.06 bits per heavy atom. The Kier molecular flexibility index (Phi) is 4.19. The van der Waals surface area contributed by atoms with Gasteiger partial charge in [-0.05, 0) is 24.3 Å². The molecule has 1 aliphatic carbocycles. The SMILES string of the molecule is CC1CCCCC1(CO)NCc1ccccc1. The Morgan fingerprint density at radius 3 is 2.71 bits per heavy atom. The zero-order valence-corrected chi connectivity index (χ0v) is 10.7. The van der Waals surface area contributed by atoms with Gasteiger partial charge in [-0.15, -0.1) is 0 Å². The van der Waals surface area contributed by atoms with E-state index in [2.05, 4.69) is 36.5 Å². The molecule has 0 bridgehead atoms. The minimum atomic E-state index is -0.0614. The molecule has 1 aromatic carbocycles. The van der Waals surface area contributed by atoms with Crippen molar-refractivity contribution in [3.63, 3.8) is 0 Å². The van der Waals surface area contributed by atoms with Crippen molar-refractivity contribution in [3.8, 4) is 0 Å². The van der Waals surface area contributed by atoms with Crippen LogP contribution in [0.5, 0.6) is 0 Å². The molecule has 0 spiro atoms. The third kappa shape index (κ3) is 2.88. The number of rotatable bonds is 4. The van der Waals surface area contributed by atoms with Crippen LogP contribution in [0.25, 0.3) is 0 Å². The molecule has 2 rings (SSSR count). The van der Waals surface area contributed by atoms with Gasteiger partial charge in [0.2, 0.25) is 0 Å². The molecule has 1 fully saturated rings. The lowest BCUT2D eigenvalue weighted by Gasteiger charge is -2.42. The first-order valence-corrected chi connectivity index (χ1v) is 6.67. The highest BCUT2D eigenvalue weighted by Gasteiger charge is 2.36. The van der Waals surface area contributed by atoms with Crippen LogP contribution in [0.1, 0.15) is 38.2 Å². The average molecular weight is 233 g/mol. The van der Waals surface area contributed by atoms with Crippen molar-refractivity contribution in [2.24, 2.45) is 5.92 Å². The topological polar surface area (TPSA) is 32.3 Å². The molecule has 0 amide bonds. The quantitative estimate of drug-likeness (QED) is 0.838. The summed E-state index contributed by atoms with van der Waals surface area (Å²) in [5.74, 6) is 0.560. The summed E-state index contributed by atoms with van der Waals surface area (Å²) < 4.78 is 0. The first-order chi connectivity index (χ1) is 8.27. The van der Waals surface area contributed by atoms with Crippen LogP contribution in [0.3, 0.4) is 0 Å². The second-order valence-electron chi connectivity index (χ2n) is 5.30. The Morgan fingerprint density at radius 1 is 1.29 bits per heavy atom. The van der Waals surface area contributed by atoms with E-state index in [0.717, 1.165) is 13.0 Å². The van der Waals surface area contributed by atoms with Crippen molar-refractivity contribution < 1.29 is 5.11 Å². The van der Waals surface area contributed by atoms with E-state index in [1.807, 2.05) is 6.07 Å². The maximum absolute atomic E-state index is 9.73. The normalized spacial score (nSPS) is 29.2. The van der Waals surface area contributed by atoms with Crippen molar-refractivity contribution in [2.75, 3.05) is 6.61 Å². The van der Waals surface area contributed by atoms with Crippen LogP contribution in [0, 0.1) is 5.92 Å². The van der Waals surface area contributed by atoms with E-state index < -0.39 is 0 Å². The van der Waals surface area contributed by atoms with Crippen LogP contribution in [0.4, 0.5) is 0 Å². The Bertz CT molecular complexity index is 338. The highest BCUT2D eigenvalue weighted by Crippen LogP contribution is 2.33. The van der Waals surface area contributed by atoms with Gasteiger partial charge in [-0.25, -0.2) is 0 Å². The minimum Gasteiger partial charge on any atom is -0.394 e. The van der Waals surface area contributed by atoms with Crippen molar-refractivity contribution in [1.29, 1.82) is 0 Å². The monoisotopic (exact) mass is 233 g/mol. The smallest absolute Gasteiger partial charge is 0.0616 e. The molecule has 2 atom stereocenters. The zero-order valence-electron chi connectivity index (χ0n) is 10.7. The van der Waals surface area contributed by atoms with Gasteiger partial charge in [0.25, 0.3) is 0 Å². The van der Waals surface area contributed by atoms with E-state index >= 15 is 0 Å². The van der Waals surface area contributed by atoms with Crippen LogP contribution in [-0.4, -0.2) is 17.3 Å². The Labute approximate surface area is 104 Å². The summed E-state index contributed by atoms with van der Waals surface area (Å²) >= 11 is 0. The second-order valence-corrected chi connectivity index (χ2v) is 5.30. The maximum atomic E-state index is 9.73. The fourth-order valence-corrected chi connectivity index (χ4v) is 2.84. The predicted molar refractivity (Wildman–Crippen MR) is 70.7 cm³/mol. The maximum Gasteiger partial charge on any atom is 0.0616 e. The second kappa shape index (κ2) is 5.65. The fourth-order valence-electron chi connectivity index (χ4n) is 2.84. The fraction of sp³-hybridized carbons (Fsp3) is 0.600. The molecule has 2 heteroatoms. The standard InChI is InChI=1S/C15H23NO/c1-13-7-5-6-10-15(13,12-17)16-11-14-8-3-2-4-9-14/h2-4,8-9,13,16-17H,5-7,10-12H2,1H3. The molecule has 94 valence electrons. The lowest BCUT2D eigenvalue weighted by molar-refractivity contribution is 0.0731. The van der Waals surface area contributed by atoms with Crippen LogP contribution < -0.4 is 5.32 Å². The van der Waals surface area contributed by atoms with Gasteiger partial charge >= 0.3 is 0 Å². The number of benzene rings is 1. The highest BCUT2D eigenvalue weighted by molar-refractivity contribution is 5.15. The first kappa shape index (κ1) is 12.6. The summed E-state index contributed by atoms with van der Waals surface area (Å²) in [5, 5.41) is 13.3. The van der Waals surface area contributed by atoms with Gasteiger partial charge in [-0.1, -0.05) is 50.1 Å². The van der Waals surface area contributed by atoms with Crippen molar-refractivity contribution >= 4 is 0 Å². The van der Waals surface area contributed by atoms with Crippen LogP contribution in [0.2, 0.25) is 0 Å². The molecule has 17 heavy (non-hydrogen) atoms. The van der Waals surface area contributed by atoms with Crippen LogP contribution in [0.15, 0.2) is 30.3 Å². The van der Waals surface area contributed by atoms with Crippen LogP contribution in [-0.2, 0) is 6.54 Å². The van der Waals surface area contributed by atoms with E-state index in [9.17, 15) is 5.11 Å². The summed E-state index contributed by atoms with van der Waals surface area (Å²) in [5.41, 5.74) is 1.23. The van der Waals surface area contributed by atoms with E-state index in [0.29, 0.717) is 5.92 Å². The molecule has 0 radical (unpaired) electrons. The van der Waals surface area contributed by atoms with Gasteiger partial charge in [0.1, 0.15) is 0 Å². The number of hydrogen-bond acceptors (Lipinski definition) is 2. The third-order valence-electron chi connectivity index (χ3n) is 4.22. The number of aliphatic hydroxyl groups excluding tert-OH is 1. The van der Waals surface area contributed by atoms with Gasteiger partial charge in [0.15, 0.2) is 0 Å². The highest BCUT2D eigenvalue weighted by atomic mass is 16.3. The molecule has 0 aromatic heterocycles. The molecule has 0 saturated heterocycles. The largest absolute Gasteiger partial charge is 0.394 e. The van der Waals surface area contributed by atoms with E-state index in [4.69, 9.17) is 0 Å². The van der Waals surface area contributed by atoms with Gasteiger partial charge in [0, 0.05) is 12.1 Å². The molecule has 2 N–H and O–H groups in total. The van der Waals surface area contributed by atoms with Gasteiger partial charge in [0.05, 0.1) is 6.61 Å². The van der Waals surface area contributed by atoms with Crippen molar-refractivity contribution in [2.45, 2.75) is 44.7 Å². The molecule has 2 nitrogen and oxygen atoms in total. The molecule has 2 unspecified atom stereocenters. The molecule has 0 heterocycles. The summed E-state index contributed by atoms with van der Waals surface area (Å²) in [7, 11) is 0. The van der Waals surface area contributed by atoms with Crippen molar-refractivity contribution in [1.82, 2.24) is 5.32 Å². The molecular weight excluding hydrogens is 210 g/mol. The number of hydrogen-bond donors (Lipinski definition) is 2. The zero-order chi connectivity index (χ0) is 12.1. The third-order valence-corrected chi connectivity index (χ3v) is 4.22. The molecule has 1 aliphatic rings. The van der Waals surface area contributed by atoms with Gasteiger partial charge in [-0.3, -0.25) is 0 Å². The first-order valence-electron chi connectivity index (χ1n) is 6.67. The lowest BCUT2D eigenvalue weighted by Crippen LogP contribution is -2.54. The predicted octanol–water partition coefficient (Wildman–Crippen LogP) is 2.72. The molecule has 1 aromatic rings. The lowest BCUT2D eigenvalue weighted by atomic mass is 9.74. The van der Waals surface area contributed by atoms with E-state index in [-0.39, 0.29) is 12.1 Å². The van der Waals surface area contributed by atoms with Gasteiger partial charge < -0.3 is 10.4 Å². The minimum absolute atomic E-state index is 0.0614.